The first kappa shape index (κ1) is 19.2. The summed E-state index contributed by atoms with van der Waals surface area (Å²) in [7, 11) is 0. The van der Waals surface area contributed by atoms with Crippen molar-refractivity contribution in [1.82, 2.24) is 10.6 Å². The van der Waals surface area contributed by atoms with E-state index < -0.39 is 0 Å². The summed E-state index contributed by atoms with van der Waals surface area (Å²) < 4.78 is 11.2. The minimum atomic E-state index is 0.382. The lowest BCUT2D eigenvalue weighted by atomic mass is 10.1. The molecule has 0 saturated carbocycles. The van der Waals surface area contributed by atoms with Crippen molar-refractivity contribution in [1.29, 1.82) is 0 Å². The van der Waals surface area contributed by atoms with Crippen molar-refractivity contribution >= 4 is 17.3 Å². The Morgan fingerprint density at radius 3 is 2.75 bits per heavy atom. The molecular weight excluding hydrogens is 322 g/mol. The van der Waals surface area contributed by atoms with E-state index in [1.807, 2.05) is 11.3 Å². The molecule has 5 nitrogen and oxygen atoms in total. The minimum absolute atomic E-state index is 0.382. The summed E-state index contributed by atoms with van der Waals surface area (Å²) in [4.78, 5) is 7.40. The first-order chi connectivity index (χ1) is 11.8. The van der Waals surface area contributed by atoms with Crippen LogP contribution in [0.1, 0.15) is 42.9 Å². The molecule has 136 valence electrons. The molecule has 1 aromatic rings. The predicted molar refractivity (Wildman–Crippen MR) is 101 cm³/mol. The average Bonchev–Trinajstić information content (AvgIpc) is 3.08. The largest absolute Gasteiger partial charge is 0.381 e. The molecule has 1 aliphatic heterocycles. The maximum atomic E-state index is 5.89. The normalized spacial score (nSPS) is 16.3. The van der Waals surface area contributed by atoms with Gasteiger partial charge in [0.25, 0.3) is 0 Å². The zero-order valence-corrected chi connectivity index (χ0v) is 15.8. The Bertz CT molecular complexity index is 484. The Balaban J connectivity index is 1.65. The number of aryl methyl sites for hydroxylation is 1. The van der Waals surface area contributed by atoms with E-state index in [0.29, 0.717) is 6.10 Å². The lowest BCUT2D eigenvalue weighted by Crippen LogP contribution is -2.38. The van der Waals surface area contributed by atoms with Crippen LogP contribution < -0.4 is 10.6 Å². The van der Waals surface area contributed by atoms with Crippen LogP contribution in [0.15, 0.2) is 17.1 Å². The molecule has 0 spiro atoms. The van der Waals surface area contributed by atoms with Gasteiger partial charge in [0.2, 0.25) is 0 Å². The van der Waals surface area contributed by atoms with E-state index in [1.165, 1.54) is 9.75 Å². The van der Waals surface area contributed by atoms with Gasteiger partial charge in [0.1, 0.15) is 0 Å². The van der Waals surface area contributed by atoms with Gasteiger partial charge in [-0.2, -0.15) is 0 Å². The van der Waals surface area contributed by atoms with Crippen molar-refractivity contribution in [3.8, 4) is 0 Å². The number of aliphatic imine (C=N–C) groups is 1. The highest BCUT2D eigenvalue weighted by Crippen LogP contribution is 2.17. The summed E-state index contributed by atoms with van der Waals surface area (Å²) in [6, 6.07) is 4.38. The fourth-order valence-corrected chi connectivity index (χ4v) is 3.45. The van der Waals surface area contributed by atoms with Crippen LogP contribution in [0, 0.1) is 0 Å². The predicted octanol–water partition coefficient (Wildman–Crippen LogP) is 2.95. The van der Waals surface area contributed by atoms with Gasteiger partial charge >= 0.3 is 0 Å². The van der Waals surface area contributed by atoms with E-state index in [9.17, 15) is 0 Å². The molecule has 6 heteroatoms. The second-order valence-corrected chi connectivity index (χ2v) is 7.13. The Labute approximate surface area is 149 Å². The number of nitrogens with zero attached hydrogens (tertiary/aromatic N) is 1. The molecule has 0 atom stereocenters. The van der Waals surface area contributed by atoms with Gasteiger partial charge in [-0.25, -0.2) is 4.99 Å². The highest BCUT2D eigenvalue weighted by molar-refractivity contribution is 7.11. The Hall–Kier alpha value is -1.11. The van der Waals surface area contributed by atoms with E-state index in [1.54, 1.807) is 0 Å². The van der Waals surface area contributed by atoms with Gasteiger partial charge in [-0.15, -0.1) is 11.3 Å². The Morgan fingerprint density at radius 2 is 2.04 bits per heavy atom. The SMILES string of the molecule is CCNC(=NCc1ccc(CC)s1)NCCCOC1CCOCC1. The fraction of sp³-hybridized carbons (Fsp3) is 0.722. The highest BCUT2D eigenvalue weighted by Gasteiger charge is 2.13. The molecule has 0 radical (unpaired) electrons. The third kappa shape index (κ3) is 7.20. The first-order valence-corrected chi connectivity index (χ1v) is 9.92. The summed E-state index contributed by atoms with van der Waals surface area (Å²) in [6.45, 7) is 9.22. The maximum Gasteiger partial charge on any atom is 0.191 e. The van der Waals surface area contributed by atoms with Crippen molar-refractivity contribution in [2.75, 3.05) is 32.9 Å². The van der Waals surface area contributed by atoms with Crippen molar-refractivity contribution in [3.63, 3.8) is 0 Å². The molecule has 0 unspecified atom stereocenters. The molecule has 1 aromatic heterocycles. The molecule has 0 amide bonds. The Morgan fingerprint density at radius 1 is 1.25 bits per heavy atom. The molecule has 0 aliphatic carbocycles. The van der Waals surface area contributed by atoms with Crippen molar-refractivity contribution < 1.29 is 9.47 Å². The molecular formula is C18H31N3O2S. The van der Waals surface area contributed by atoms with E-state index >= 15 is 0 Å². The van der Waals surface area contributed by atoms with Crippen molar-refractivity contribution in [3.05, 3.63) is 21.9 Å². The molecule has 24 heavy (non-hydrogen) atoms. The summed E-state index contributed by atoms with van der Waals surface area (Å²) in [5.41, 5.74) is 0. The first-order valence-electron chi connectivity index (χ1n) is 9.11. The number of rotatable bonds is 9. The number of ether oxygens (including phenoxy) is 2. The molecule has 1 aliphatic rings. The zero-order chi connectivity index (χ0) is 17.0. The van der Waals surface area contributed by atoms with Gasteiger partial charge < -0.3 is 20.1 Å². The highest BCUT2D eigenvalue weighted by atomic mass is 32.1. The number of hydrogen-bond donors (Lipinski definition) is 2. The van der Waals surface area contributed by atoms with Gasteiger partial charge in [0.15, 0.2) is 5.96 Å². The molecule has 2 heterocycles. The maximum absolute atomic E-state index is 5.89. The van der Waals surface area contributed by atoms with Gasteiger partial charge in [-0.05, 0) is 44.7 Å². The smallest absolute Gasteiger partial charge is 0.191 e. The van der Waals surface area contributed by atoms with Crippen LogP contribution in [-0.2, 0) is 22.4 Å². The van der Waals surface area contributed by atoms with E-state index in [0.717, 1.165) is 71.1 Å². The van der Waals surface area contributed by atoms with E-state index in [4.69, 9.17) is 9.47 Å². The number of thiophene rings is 1. The summed E-state index contributed by atoms with van der Waals surface area (Å²) in [6.07, 6.45) is 4.52. The van der Waals surface area contributed by atoms with Crippen molar-refractivity contribution in [2.24, 2.45) is 4.99 Å². The van der Waals surface area contributed by atoms with Crippen molar-refractivity contribution in [2.45, 2.75) is 52.2 Å². The van der Waals surface area contributed by atoms with Crippen LogP contribution in [0.2, 0.25) is 0 Å². The number of hydrogen-bond acceptors (Lipinski definition) is 4. The third-order valence-electron chi connectivity index (χ3n) is 3.94. The Kier molecular flexibility index (Phi) is 9.16. The average molecular weight is 354 g/mol. The third-order valence-corrected chi connectivity index (χ3v) is 5.15. The zero-order valence-electron chi connectivity index (χ0n) is 15.0. The topological polar surface area (TPSA) is 54.9 Å². The summed E-state index contributed by atoms with van der Waals surface area (Å²) >= 11 is 1.85. The lowest BCUT2D eigenvalue weighted by molar-refractivity contribution is -0.0320. The van der Waals surface area contributed by atoms with Gasteiger partial charge in [0.05, 0.1) is 12.6 Å². The molecule has 1 fully saturated rings. The van der Waals surface area contributed by atoms with E-state index in [2.05, 4.69) is 41.6 Å². The second-order valence-electron chi connectivity index (χ2n) is 5.88. The molecule has 1 saturated heterocycles. The van der Waals surface area contributed by atoms with Crippen LogP contribution in [0.5, 0.6) is 0 Å². The summed E-state index contributed by atoms with van der Waals surface area (Å²) in [5, 5.41) is 6.69. The molecule has 2 N–H and O–H groups in total. The molecule has 0 bridgehead atoms. The van der Waals surface area contributed by atoms with Crippen LogP contribution >= 0.6 is 11.3 Å². The van der Waals surface area contributed by atoms with Gasteiger partial charge in [0, 0.05) is 42.7 Å². The molecule has 2 rings (SSSR count). The quantitative estimate of drug-likeness (QED) is 0.407. The summed E-state index contributed by atoms with van der Waals surface area (Å²) in [5.74, 6) is 0.884. The molecule has 0 aromatic carbocycles. The lowest BCUT2D eigenvalue weighted by Gasteiger charge is -2.22. The number of nitrogens with one attached hydrogen (secondary N) is 2. The second kappa shape index (κ2) is 11.4. The van der Waals surface area contributed by atoms with Crippen LogP contribution in [0.4, 0.5) is 0 Å². The number of guanidine groups is 1. The fourth-order valence-electron chi connectivity index (χ4n) is 2.57. The van der Waals surface area contributed by atoms with Gasteiger partial charge in [-0.1, -0.05) is 6.92 Å². The standard InChI is InChI=1S/C18H31N3O2S/c1-3-16-6-7-17(24-16)14-21-18(19-4-2)20-10-5-11-23-15-8-12-22-13-9-15/h6-7,15H,3-5,8-14H2,1-2H3,(H2,19,20,21). The monoisotopic (exact) mass is 353 g/mol. The van der Waals surface area contributed by atoms with Gasteiger partial charge in [-0.3, -0.25) is 0 Å². The van der Waals surface area contributed by atoms with Crippen LogP contribution in [0.3, 0.4) is 0 Å². The van der Waals surface area contributed by atoms with E-state index in [-0.39, 0.29) is 0 Å². The van der Waals surface area contributed by atoms with Crippen LogP contribution in [-0.4, -0.2) is 45.0 Å². The minimum Gasteiger partial charge on any atom is -0.381 e. The van der Waals surface area contributed by atoms with Crippen LogP contribution in [0.25, 0.3) is 0 Å².